The molecule has 11 nitrogen and oxygen atoms in total. The zero-order valence-corrected chi connectivity index (χ0v) is 22.8. The number of nitrogens with two attached hydrogens (primary N) is 1. The first kappa shape index (κ1) is 30.8. The number of aliphatic carboxylic acids is 1. The molecule has 0 fully saturated rings. The number of carbonyl (C=O) groups is 4. The summed E-state index contributed by atoms with van der Waals surface area (Å²) in [7, 11) is 0. The Morgan fingerprint density at radius 3 is 2.21 bits per heavy atom. The zero-order chi connectivity index (χ0) is 28.1. The van der Waals surface area contributed by atoms with E-state index < -0.39 is 47.9 Å². The Labute approximate surface area is 227 Å². The van der Waals surface area contributed by atoms with Gasteiger partial charge in [-0.2, -0.15) is 11.8 Å². The van der Waals surface area contributed by atoms with Gasteiger partial charge in [0.1, 0.15) is 18.1 Å². The monoisotopic (exact) mass is 546 g/mol. The van der Waals surface area contributed by atoms with E-state index in [4.69, 9.17) is 5.73 Å². The molecule has 208 valence electrons. The smallest absolute Gasteiger partial charge is 0.326 e. The van der Waals surface area contributed by atoms with Gasteiger partial charge in [0.2, 0.25) is 17.7 Å². The number of carboxylic acids is 1. The average Bonchev–Trinajstić information content (AvgIpc) is 3.42. The molecule has 0 aliphatic carbocycles. The normalized spacial score (nSPS) is 14.9. The van der Waals surface area contributed by atoms with Gasteiger partial charge < -0.3 is 31.8 Å². The summed E-state index contributed by atoms with van der Waals surface area (Å²) in [6, 6.07) is 5.19. The van der Waals surface area contributed by atoms with Crippen LogP contribution >= 0.6 is 11.8 Å². The van der Waals surface area contributed by atoms with Crippen LogP contribution in [0.4, 0.5) is 0 Å². The van der Waals surface area contributed by atoms with Crippen molar-refractivity contribution in [1.29, 1.82) is 0 Å². The fourth-order valence-corrected chi connectivity index (χ4v) is 4.18. The van der Waals surface area contributed by atoms with E-state index in [9.17, 15) is 24.3 Å². The van der Waals surface area contributed by atoms with Crippen LogP contribution < -0.4 is 21.7 Å². The second-order valence-electron chi connectivity index (χ2n) is 9.19. The van der Waals surface area contributed by atoms with Crippen LogP contribution in [0.2, 0.25) is 0 Å². The lowest BCUT2D eigenvalue weighted by Gasteiger charge is -2.26. The number of carboxylic acid groups (broad SMARTS) is 1. The van der Waals surface area contributed by atoms with Crippen molar-refractivity contribution in [2.24, 2.45) is 11.7 Å². The minimum absolute atomic E-state index is 0.00442. The van der Waals surface area contributed by atoms with Crippen molar-refractivity contribution < 1.29 is 24.3 Å². The van der Waals surface area contributed by atoms with E-state index in [0.717, 1.165) is 5.56 Å². The van der Waals surface area contributed by atoms with E-state index in [-0.39, 0.29) is 25.2 Å². The number of hydrogen-bond donors (Lipinski definition) is 6. The van der Waals surface area contributed by atoms with Crippen LogP contribution in [0.1, 0.15) is 37.9 Å². The van der Waals surface area contributed by atoms with Crippen LogP contribution in [0.3, 0.4) is 0 Å². The number of amides is 3. The number of carbonyl (C=O) groups excluding carboxylic acids is 3. The topological polar surface area (TPSA) is 179 Å². The number of imidazole rings is 1. The lowest BCUT2D eigenvalue weighted by atomic mass is 9.98. The highest BCUT2D eigenvalue weighted by atomic mass is 32.2. The summed E-state index contributed by atoms with van der Waals surface area (Å²) < 4.78 is 0. The second kappa shape index (κ2) is 15.8. The van der Waals surface area contributed by atoms with E-state index in [1.165, 1.54) is 24.3 Å². The van der Waals surface area contributed by atoms with Gasteiger partial charge in [-0.3, -0.25) is 14.4 Å². The summed E-state index contributed by atoms with van der Waals surface area (Å²) in [6.45, 7) is 3.79. The van der Waals surface area contributed by atoms with Gasteiger partial charge in [-0.25, -0.2) is 9.78 Å². The molecule has 5 atom stereocenters. The zero-order valence-electron chi connectivity index (χ0n) is 22.0. The maximum absolute atomic E-state index is 13.4. The minimum atomic E-state index is -1.22. The number of rotatable bonds is 16. The number of aromatic amines is 1. The molecule has 2 rings (SSSR count). The molecule has 1 aromatic heterocycles. The first-order valence-corrected chi connectivity index (χ1v) is 13.9. The summed E-state index contributed by atoms with van der Waals surface area (Å²) in [5.74, 6) is -2.38. The van der Waals surface area contributed by atoms with E-state index in [1.54, 1.807) is 0 Å². The first-order chi connectivity index (χ1) is 18.2. The van der Waals surface area contributed by atoms with E-state index in [2.05, 4.69) is 25.9 Å². The van der Waals surface area contributed by atoms with Crippen LogP contribution in [0, 0.1) is 5.92 Å². The third-order valence-electron chi connectivity index (χ3n) is 6.31. The Kier molecular flexibility index (Phi) is 12.8. The molecule has 1 aromatic carbocycles. The molecule has 0 aliphatic heterocycles. The fraction of sp³-hybridized carbons (Fsp3) is 0.500. The maximum Gasteiger partial charge on any atom is 0.326 e. The summed E-state index contributed by atoms with van der Waals surface area (Å²) in [5, 5.41) is 17.6. The molecule has 0 radical (unpaired) electrons. The number of benzene rings is 1. The Morgan fingerprint density at radius 2 is 1.63 bits per heavy atom. The Bertz CT molecular complexity index is 1040. The van der Waals surface area contributed by atoms with Gasteiger partial charge in [-0.05, 0) is 29.9 Å². The third kappa shape index (κ3) is 9.82. The SMILES string of the molecule is CCC(C)C(N)C(=O)NC(Cc1ccccc1)C(=O)NC(CCSC)C(=O)NC(Cc1cnc[nH]1)C(=O)O. The summed E-state index contributed by atoms with van der Waals surface area (Å²) in [4.78, 5) is 57.9. The molecular formula is C26H38N6O5S. The first-order valence-electron chi connectivity index (χ1n) is 12.6. The van der Waals surface area contributed by atoms with Gasteiger partial charge in [-0.1, -0.05) is 50.6 Å². The Balaban J connectivity index is 2.20. The Hall–Kier alpha value is -3.38. The van der Waals surface area contributed by atoms with Crippen molar-refractivity contribution >= 4 is 35.5 Å². The van der Waals surface area contributed by atoms with Crippen LogP contribution in [-0.2, 0) is 32.0 Å². The highest BCUT2D eigenvalue weighted by Crippen LogP contribution is 2.10. The van der Waals surface area contributed by atoms with Crippen molar-refractivity contribution in [2.45, 2.75) is 63.7 Å². The molecule has 38 heavy (non-hydrogen) atoms. The summed E-state index contributed by atoms with van der Waals surface area (Å²) >= 11 is 1.49. The standard InChI is InChI=1S/C26H38N6O5S/c1-4-16(2)22(27)25(35)31-20(12-17-8-6-5-7-9-17)24(34)30-19(10-11-38-3)23(33)32-21(26(36)37)13-18-14-28-15-29-18/h5-9,14-16,19-22H,4,10-13,27H2,1-3H3,(H,28,29)(H,30,34)(H,31,35)(H,32,33)(H,36,37). The number of hydrogen-bond acceptors (Lipinski definition) is 7. The van der Waals surface area contributed by atoms with Gasteiger partial charge >= 0.3 is 5.97 Å². The minimum Gasteiger partial charge on any atom is -0.480 e. The Morgan fingerprint density at radius 1 is 1.00 bits per heavy atom. The average molecular weight is 547 g/mol. The summed E-state index contributed by atoms with van der Waals surface area (Å²) in [5.41, 5.74) is 7.46. The van der Waals surface area contributed by atoms with Crippen LogP contribution in [0.25, 0.3) is 0 Å². The molecule has 0 aliphatic rings. The number of aromatic nitrogens is 2. The molecule has 0 spiro atoms. The molecule has 0 bridgehead atoms. The van der Waals surface area contributed by atoms with E-state index in [1.807, 2.05) is 50.4 Å². The third-order valence-corrected chi connectivity index (χ3v) is 6.96. The quantitative estimate of drug-likeness (QED) is 0.179. The molecule has 7 N–H and O–H groups in total. The predicted molar refractivity (Wildman–Crippen MR) is 146 cm³/mol. The number of nitrogens with one attached hydrogen (secondary N) is 4. The maximum atomic E-state index is 13.4. The van der Waals surface area contributed by atoms with Crippen LogP contribution in [0.15, 0.2) is 42.9 Å². The molecule has 1 heterocycles. The molecule has 3 amide bonds. The molecule has 2 aromatic rings. The molecular weight excluding hydrogens is 508 g/mol. The highest BCUT2D eigenvalue weighted by Gasteiger charge is 2.31. The van der Waals surface area contributed by atoms with E-state index >= 15 is 0 Å². The lowest BCUT2D eigenvalue weighted by molar-refractivity contribution is -0.142. The molecule has 5 unspecified atom stereocenters. The largest absolute Gasteiger partial charge is 0.480 e. The van der Waals surface area contributed by atoms with Gasteiger partial charge in [0.15, 0.2) is 0 Å². The number of H-pyrrole nitrogens is 1. The van der Waals surface area contributed by atoms with Crippen molar-refractivity contribution in [3.63, 3.8) is 0 Å². The van der Waals surface area contributed by atoms with Gasteiger partial charge in [0.25, 0.3) is 0 Å². The van der Waals surface area contributed by atoms with Crippen molar-refractivity contribution in [2.75, 3.05) is 12.0 Å². The van der Waals surface area contributed by atoms with Gasteiger partial charge in [0, 0.05) is 24.7 Å². The van der Waals surface area contributed by atoms with Crippen molar-refractivity contribution in [3.05, 3.63) is 54.1 Å². The lowest BCUT2D eigenvalue weighted by Crippen LogP contribution is -2.58. The second-order valence-corrected chi connectivity index (χ2v) is 10.2. The number of nitrogens with zero attached hydrogens (tertiary/aromatic N) is 1. The van der Waals surface area contributed by atoms with Gasteiger partial charge in [-0.15, -0.1) is 0 Å². The number of thioether (sulfide) groups is 1. The highest BCUT2D eigenvalue weighted by molar-refractivity contribution is 7.98. The summed E-state index contributed by atoms with van der Waals surface area (Å²) in [6.07, 6.45) is 5.94. The van der Waals surface area contributed by atoms with Crippen molar-refractivity contribution in [3.8, 4) is 0 Å². The molecule has 12 heteroatoms. The van der Waals surface area contributed by atoms with Gasteiger partial charge in [0.05, 0.1) is 12.4 Å². The molecule has 0 saturated heterocycles. The van der Waals surface area contributed by atoms with Crippen molar-refractivity contribution in [1.82, 2.24) is 25.9 Å². The van der Waals surface area contributed by atoms with E-state index in [0.29, 0.717) is 17.9 Å². The predicted octanol–water partition coefficient (Wildman–Crippen LogP) is 0.860. The fourth-order valence-electron chi connectivity index (χ4n) is 3.70. The molecule has 0 saturated carbocycles. The van der Waals surface area contributed by atoms with Crippen LogP contribution in [-0.4, -0.2) is 74.9 Å². The van der Waals surface area contributed by atoms with Crippen LogP contribution in [0.5, 0.6) is 0 Å².